The molecule has 0 saturated carbocycles. The minimum absolute atomic E-state index is 0.0162. The second kappa shape index (κ2) is 7.90. The molecule has 0 amide bonds. The zero-order chi connectivity index (χ0) is 18.7. The molecule has 0 radical (unpaired) electrons. The van der Waals surface area contributed by atoms with Gasteiger partial charge in [-0.3, -0.25) is 4.79 Å². The number of aromatic nitrogens is 2. The van der Waals surface area contributed by atoms with Crippen LogP contribution in [0.3, 0.4) is 0 Å². The summed E-state index contributed by atoms with van der Waals surface area (Å²) >= 11 is 1.49. The number of hydrogen-bond donors (Lipinski definition) is 1. The van der Waals surface area contributed by atoms with Crippen molar-refractivity contribution in [3.8, 4) is 0 Å². The third-order valence-electron chi connectivity index (χ3n) is 4.35. The van der Waals surface area contributed by atoms with Crippen molar-refractivity contribution in [2.45, 2.75) is 40.2 Å². The first-order valence-electron chi connectivity index (χ1n) is 8.62. The number of esters is 1. The van der Waals surface area contributed by atoms with Crippen LogP contribution in [0.4, 0.5) is 0 Å². The first-order chi connectivity index (χ1) is 12.5. The molecule has 8 heteroatoms. The summed E-state index contributed by atoms with van der Waals surface area (Å²) in [6.07, 6.45) is 3.14. The summed E-state index contributed by atoms with van der Waals surface area (Å²) < 4.78 is 15.3. The van der Waals surface area contributed by atoms with Crippen LogP contribution in [0.1, 0.15) is 36.5 Å². The van der Waals surface area contributed by atoms with Crippen LogP contribution in [0.2, 0.25) is 0 Å². The monoisotopic (exact) mass is 378 g/mol. The van der Waals surface area contributed by atoms with Crippen LogP contribution in [0.25, 0.3) is 10.2 Å². The minimum atomic E-state index is -0.646. The number of fused-ring (bicyclic) bond motifs is 1. The molecule has 2 aromatic rings. The maximum absolute atomic E-state index is 12.6. The topological polar surface area (TPSA) is 90.5 Å². The second-order valence-electron chi connectivity index (χ2n) is 6.32. The van der Waals surface area contributed by atoms with Crippen LogP contribution >= 0.6 is 11.3 Å². The van der Waals surface area contributed by atoms with Crippen LogP contribution < -0.4 is 5.56 Å². The predicted octanol–water partition coefficient (Wildman–Crippen LogP) is 2.81. The molecule has 3 heterocycles. The molecule has 0 fully saturated rings. The summed E-state index contributed by atoms with van der Waals surface area (Å²) in [7, 11) is 0. The van der Waals surface area contributed by atoms with Crippen LogP contribution in [-0.4, -0.2) is 29.2 Å². The van der Waals surface area contributed by atoms with E-state index in [4.69, 9.17) is 14.2 Å². The molecule has 0 aromatic carbocycles. The van der Waals surface area contributed by atoms with Crippen molar-refractivity contribution in [2.75, 3.05) is 13.2 Å². The number of H-pyrrole nitrogens is 1. The van der Waals surface area contributed by atoms with Gasteiger partial charge < -0.3 is 19.2 Å². The fourth-order valence-electron chi connectivity index (χ4n) is 2.71. The van der Waals surface area contributed by atoms with Gasteiger partial charge in [0.25, 0.3) is 5.56 Å². The molecular formula is C18H22N2O5S. The Morgan fingerprint density at radius 3 is 2.96 bits per heavy atom. The Bertz CT molecular complexity index is 899. The summed E-state index contributed by atoms with van der Waals surface area (Å²) in [5.74, 6) is 0.178. The molecule has 7 nitrogen and oxygen atoms in total. The number of carbonyl (C=O) groups is 1. The van der Waals surface area contributed by atoms with Crippen molar-refractivity contribution < 1.29 is 19.0 Å². The van der Waals surface area contributed by atoms with E-state index in [2.05, 4.69) is 23.8 Å². The maximum Gasteiger partial charge on any atom is 0.377 e. The Labute approximate surface area is 155 Å². The van der Waals surface area contributed by atoms with Gasteiger partial charge in [0.1, 0.15) is 36.7 Å². The lowest BCUT2D eigenvalue weighted by Crippen LogP contribution is -2.19. The maximum atomic E-state index is 12.6. The van der Waals surface area contributed by atoms with Crippen molar-refractivity contribution in [3.63, 3.8) is 0 Å². The molecule has 0 saturated heterocycles. The average Bonchev–Trinajstić information content (AvgIpc) is 2.96. The van der Waals surface area contributed by atoms with Gasteiger partial charge in [0.05, 0.1) is 5.39 Å². The molecule has 0 spiro atoms. The van der Waals surface area contributed by atoms with Crippen molar-refractivity contribution >= 4 is 27.5 Å². The second-order valence-corrected chi connectivity index (χ2v) is 7.53. The quantitative estimate of drug-likeness (QED) is 0.778. The van der Waals surface area contributed by atoms with E-state index in [0.717, 1.165) is 23.3 Å². The number of nitrogens with one attached hydrogen (secondary N) is 1. The van der Waals surface area contributed by atoms with E-state index in [1.54, 1.807) is 0 Å². The number of aryl methyl sites for hydroxylation is 1. The fraction of sp³-hybridized carbons (Fsp3) is 0.500. The number of thiophene rings is 1. The van der Waals surface area contributed by atoms with Gasteiger partial charge in [0, 0.05) is 4.88 Å². The first kappa shape index (κ1) is 18.4. The summed E-state index contributed by atoms with van der Waals surface area (Å²) in [6.45, 7) is 6.89. The number of nitrogens with zero attached hydrogens (tertiary/aromatic N) is 1. The average molecular weight is 378 g/mol. The molecule has 3 rings (SSSR count). The van der Waals surface area contributed by atoms with Crippen LogP contribution in [0.15, 0.2) is 16.8 Å². The lowest BCUT2D eigenvalue weighted by molar-refractivity contribution is -0.146. The van der Waals surface area contributed by atoms with Crippen molar-refractivity contribution in [3.05, 3.63) is 38.6 Å². The van der Waals surface area contributed by atoms with Gasteiger partial charge in [-0.1, -0.05) is 20.3 Å². The molecule has 1 aliphatic heterocycles. The Hall–Kier alpha value is -2.35. The highest BCUT2D eigenvalue weighted by Gasteiger charge is 2.19. The molecule has 0 aliphatic carbocycles. The van der Waals surface area contributed by atoms with Gasteiger partial charge in [-0.15, -0.1) is 11.3 Å². The van der Waals surface area contributed by atoms with E-state index in [1.165, 1.54) is 17.6 Å². The molecule has 1 atom stereocenters. The van der Waals surface area contributed by atoms with Gasteiger partial charge in [0.15, 0.2) is 0 Å². The summed E-state index contributed by atoms with van der Waals surface area (Å²) in [6, 6.07) is 0. The van der Waals surface area contributed by atoms with Gasteiger partial charge in [-0.25, -0.2) is 9.78 Å². The molecule has 0 bridgehead atoms. The highest BCUT2D eigenvalue weighted by molar-refractivity contribution is 7.18. The SMILES string of the molecule is CC[C@@H](C)Cc1c(C)sc2nc(COC(=O)C3=COCCO3)[nH]c(=O)c12. The van der Waals surface area contributed by atoms with Crippen molar-refractivity contribution in [1.82, 2.24) is 9.97 Å². The van der Waals surface area contributed by atoms with Crippen LogP contribution in [0.5, 0.6) is 0 Å². The third kappa shape index (κ3) is 3.90. The molecule has 1 aliphatic rings. The number of aromatic amines is 1. The largest absolute Gasteiger partial charge is 0.493 e. The Balaban J connectivity index is 1.80. The molecule has 0 unspecified atom stereocenters. The van der Waals surface area contributed by atoms with E-state index in [-0.39, 0.29) is 17.9 Å². The number of ether oxygens (including phenoxy) is 3. The standard InChI is InChI=1S/C18H22N2O5S/c1-4-10(2)7-12-11(3)26-17-15(12)16(21)19-14(20-17)9-25-18(22)13-8-23-5-6-24-13/h8,10H,4-7,9H2,1-3H3,(H,19,20,21)/t10-/m1/s1. The first-order valence-corrected chi connectivity index (χ1v) is 9.44. The predicted molar refractivity (Wildman–Crippen MR) is 97.9 cm³/mol. The van der Waals surface area contributed by atoms with Gasteiger partial charge in [0.2, 0.25) is 5.76 Å². The van der Waals surface area contributed by atoms with Gasteiger partial charge in [-0.2, -0.15) is 0 Å². The molecular weight excluding hydrogens is 356 g/mol. The highest BCUT2D eigenvalue weighted by Crippen LogP contribution is 2.29. The van der Waals surface area contributed by atoms with Gasteiger partial charge >= 0.3 is 5.97 Å². The van der Waals surface area contributed by atoms with E-state index < -0.39 is 5.97 Å². The van der Waals surface area contributed by atoms with Crippen LogP contribution in [-0.2, 0) is 32.0 Å². The summed E-state index contributed by atoms with van der Waals surface area (Å²) in [5, 5.41) is 0.648. The number of hydrogen-bond acceptors (Lipinski definition) is 7. The zero-order valence-corrected chi connectivity index (χ0v) is 15.9. The Morgan fingerprint density at radius 1 is 1.46 bits per heavy atom. The van der Waals surface area contributed by atoms with Crippen LogP contribution in [0, 0.1) is 12.8 Å². The number of carbonyl (C=O) groups excluding carboxylic acids is 1. The summed E-state index contributed by atoms with van der Waals surface area (Å²) in [5.41, 5.74) is 0.870. The molecule has 2 aromatic heterocycles. The van der Waals surface area contributed by atoms with E-state index in [0.29, 0.717) is 35.2 Å². The fourth-order valence-corrected chi connectivity index (χ4v) is 3.78. The zero-order valence-electron chi connectivity index (χ0n) is 15.1. The molecule has 140 valence electrons. The lowest BCUT2D eigenvalue weighted by atomic mass is 9.98. The highest BCUT2D eigenvalue weighted by atomic mass is 32.1. The smallest absolute Gasteiger partial charge is 0.377 e. The summed E-state index contributed by atoms with van der Waals surface area (Å²) in [4.78, 5) is 33.4. The van der Waals surface area contributed by atoms with Crippen molar-refractivity contribution in [1.29, 1.82) is 0 Å². The minimum Gasteiger partial charge on any atom is -0.493 e. The lowest BCUT2D eigenvalue weighted by Gasteiger charge is -2.14. The van der Waals surface area contributed by atoms with E-state index in [9.17, 15) is 9.59 Å². The molecule has 26 heavy (non-hydrogen) atoms. The Morgan fingerprint density at radius 2 is 2.27 bits per heavy atom. The van der Waals surface area contributed by atoms with Crippen molar-refractivity contribution in [2.24, 2.45) is 5.92 Å². The molecule has 1 N–H and O–H groups in total. The third-order valence-corrected chi connectivity index (χ3v) is 5.39. The number of rotatable bonds is 6. The normalized spacial score (nSPS) is 15.1. The van der Waals surface area contributed by atoms with E-state index >= 15 is 0 Å². The van der Waals surface area contributed by atoms with E-state index in [1.807, 2.05) is 6.92 Å². The Kier molecular flexibility index (Phi) is 5.61. The van der Waals surface area contributed by atoms with Gasteiger partial charge in [-0.05, 0) is 24.8 Å².